The van der Waals surface area contributed by atoms with Crippen molar-refractivity contribution in [2.24, 2.45) is 0 Å². The number of aryl methyl sites for hydroxylation is 1. The minimum atomic E-state index is 0.433. The molecule has 4 heteroatoms. The highest BCUT2D eigenvalue weighted by Gasteiger charge is 2.20. The van der Waals surface area contributed by atoms with Crippen LogP contribution in [0.4, 0.5) is 0 Å². The van der Waals surface area contributed by atoms with Crippen LogP contribution in [0.25, 0.3) is 5.65 Å². The van der Waals surface area contributed by atoms with Gasteiger partial charge in [-0.1, -0.05) is 22.4 Å². The highest BCUT2D eigenvalue weighted by Crippen LogP contribution is 2.26. The lowest BCUT2D eigenvalue weighted by Gasteiger charge is -2.22. The smallest absolute Gasteiger partial charge is 0.138 e. The van der Waals surface area contributed by atoms with Crippen LogP contribution in [0.15, 0.2) is 22.8 Å². The predicted octanol–water partition coefficient (Wildman–Crippen LogP) is 3.22. The van der Waals surface area contributed by atoms with E-state index in [9.17, 15) is 0 Å². The molecule has 0 bridgehead atoms. The van der Waals surface area contributed by atoms with Gasteiger partial charge in [-0.25, -0.2) is 4.98 Å². The van der Waals surface area contributed by atoms with Crippen molar-refractivity contribution < 1.29 is 0 Å². The Morgan fingerprint density at radius 3 is 3.12 bits per heavy atom. The first-order valence-electron chi connectivity index (χ1n) is 6.13. The molecule has 3 rings (SSSR count). The first-order valence-corrected chi connectivity index (χ1v) is 6.92. The number of hydrogen-bond donors (Lipinski definition) is 1. The number of nitrogens with zero attached hydrogens (tertiary/aromatic N) is 2. The van der Waals surface area contributed by atoms with E-state index >= 15 is 0 Å². The standard InChI is InChI=1S/C13H16BrN3/c1-9-13(11-4-2-3-6-15-11)16-12-8-10(14)5-7-17(9)12/h5,7-8,11,15H,2-4,6H2,1H3. The average molecular weight is 294 g/mol. The molecule has 0 aromatic carbocycles. The highest BCUT2D eigenvalue weighted by molar-refractivity contribution is 9.10. The molecular weight excluding hydrogens is 278 g/mol. The number of halogens is 1. The quantitative estimate of drug-likeness (QED) is 0.875. The Bertz CT molecular complexity index is 541. The van der Waals surface area contributed by atoms with Crippen LogP contribution in [0.1, 0.15) is 36.7 Å². The van der Waals surface area contributed by atoms with E-state index in [1.54, 1.807) is 0 Å². The lowest BCUT2D eigenvalue weighted by molar-refractivity contribution is 0.405. The molecule has 17 heavy (non-hydrogen) atoms. The Kier molecular flexibility index (Phi) is 2.92. The second-order valence-corrected chi connectivity index (χ2v) is 5.57. The van der Waals surface area contributed by atoms with Crippen LogP contribution in [0, 0.1) is 6.92 Å². The van der Waals surface area contributed by atoms with Crippen LogP contribution in [0.2, 0.25) is 0 Å². The number of pyridine rings is 1. The van der Waals surface area contributed by atoms with Crippen molar-refractivity contribution in [3.05, 3.63) is 34.2 Å². The molecule has 1 N–H and O–H groups in total. The van der Waals surface area contributed by atoms with Gasteiger partial charge in [0.05, 0.1) is 11.7 Å². The molecule has 3 nitrogen and oxygen atoms in total. The summed E-state index contributed by atoms with van der Waals surface area (Å²) in [5.74, 6) is 0. The third kappa shape index (κ3) is 2.00. The van der Waals surface area contributed by atoms with Crippen molar-refractivity contribution in [1.82, 2.24) is 14.7 Å². The molecule has 1 saturated heterocycles. The molecule has 1 aliphatic heterocycles. The van der Waals surface area contributed by atoms with Crippen LogP contribution < -0.4 is 5.32 Å². The Morgan fingerprint density at radius 1 is 1.47 bits per heavy atom. The second-order valence-electron chi connectivity index (χ2n) is 4.66. The van der Waals surface area contributed by atoms with E-state index in [2.05, 4.69) is 50.9 Å². The maximum absolute atomic E-state index is 4.77. The molecule has 1 unspecified atom stereocenters. The van der Waals surface area contributed by atoms with Gasteiger partial charge in [0, 0.05) is 16.4 Å². The Labute approximate surface area is 109 Å². The van der Waals surface area contributed by atoms with Crippen LogP contribution >= 0.6 is 15.9 Å². The Hall–Kier alpha value is -0.870. The maximum atomic E-state index is 4.77. The summed E-state index contributed by atoms with van der Waals surface area (Å²) >= 11 is 3.49. The summed E-state index contributed by atoms with van der Waals surface area (Å²) < 4.78 is 3.24. The number of nitrogens with one attached hydrogen (secondary N) is 1. The third-order valence-electron chi connectivity index (χ3n) is 3.50. The van der Waals surface area contributed by atoms with E-state index in [4.69, 9.17) is 4.98 Å². The molecular formula is C13H16BrN3. The van der Waals surface area contributed by atoms with Crippen molar-refractivity contribution in [2.45, 2.75) is 32.2 Å². The van der Waals surface area contributed by atoms with Crippen molar-refractivity contribution >= 4 is 21.6 Å². The zero-order chi connectivity index (χ0) is 11.8. The van der Waals surface area contributed by atoms with Gasteiger partial charge in [-0.3, -0.25) is 0 Å². The molecule has 0 spiro atoms. The van der Waals surface area contributed by atoms with E-state index in [1.807, 2.05) is 0 Å². The van der Waals surface area contributed by atoms with Gasteiger partial charge < -0.3 is 9.72 Å². The minimum Gasteiger partial charge on any atom is -0.309 e. The van der Waals surface area contributed by atoms with E-state index in [0.29, 0.717) is 6.04 Å². The van der Waals surface area contributed by atoms with Gasteiger partial charge in [0.2, 0.25) is 0 Å². The van der Waals surface area contributed by atoms with Gasteiger partial charge in [0.15, 0.2) is 0 Å². The normalized spacial score (nSPS) is 20.9. The summed E-state index contributed by atoms with van der Waals surface area (Å²) in [5, 5.41) is 3.56. The van der Waals surface area contributed by atoms with E-state index < -0.39 is 0 Å². The topological polar surface area (TPSA) is 29.3 Å². The zero-order valence-corrected chi connectivity index (χ0v) is 11.5. The molecule has 3 heterocycles. The Morgan fingerprint density at radius 2 is 2.35 bits per heavy atom. The first-order chi connectivity index (χ1) is 8.25. The lowest BCUT2D eigenvalue weighted by Crippen LogP contribution is -2.27. The number of fused-ring (bicyclic) bond motifs is 1. The third-order valence-corrected chi connectivity index (χ3v) is 4.00. The van der Waals surface area contributed by atoms with Gasteiger partial charge in [0.25, 0.3) is 0 Å². The molecule has 2 aromatic rings. The van der Waals surface area contributed by atoms with E-state index in [-0.39, 0.29) is 0 Å². The van der Waals surface area contributed by atoms with Crippen molar-refractivity contribution in [1.29, 1.82) is 0 Å². The van der Waals surface area contributed by atoms with Crippen molar-refractivity contribution in [3.63, 3.8) is 0 Å². The van der Waals surface area contributed by atoms with Gasteiger partial charge in [0.1, 0.15) is 5.65 Å². The van der Waals surface area contributed by atoms with Crippen molar-refractivity contribution in [3.8, 4) is 0 Å². The summed E-state index contributed by atoms with van der Waals surface area (Å²) in [7, 11) is 0. The molecule has 90 valence electrons. The second kappa shape index (κ2) is 4.42. The fraction of sp³-hybridized carbons (Fsp3) is 0.462. The molecule has 1 aliphatic rings. The number of aromatic nitrogens is 2. The fourth-order valence-electron chi connectivity index (χ4n) is 2.58. The lowest BCUT2D eigenvalue weighted by atomic mass is 10.0. The van der Waals surface area contributed by atoms with Gasteiger partial charge >= 0.3 is 0 Å². The van der Waals surface area contributed by atoms with Crippen LogP contribution in [0.5, 0.6) is 0 Å². The fourth-order valence-corrected chi connectivity index (χ4v) is 2.90. The number of rotatable bonds is 1. The Balaban J connectivity index is 2.07. The molecule has 0 saturated carbocycles. The maximum Gasteiger partial charge on any atom is 0.138 e. The molecule has 1 atom stereocenters. The van der Waals surface area contributed by atoms with Gasteiger partial charge in [-0.05, 0) is 38.4 Å². The summed E-state index contributed by atoms with van der Waals surface area (Å²) in [6.07, 6.45) is 5.86. The summed E-state index contributed by atoms with van der Waals surface area (Å²) in [6.45, 7) is 3.27. The largest absolute Gasteiger partial charge is 0.309 e. The predicted molar refractivity (Wildman–Crippen MR) is 72.2 cm³/mol. The summed E-state index contributed by atoms with van der Waals surface area (Å²) in [6, 6.07) is 4.56. The van der Waals surface area contributed by atoms with E-state index in [1.165, 1.54) is 30.7 Å². The number of hydrogen-bond acceptors (Lipinski definition) is 2. The molecule has 0 amide bonds. The van der Waals surface area contributed by atoms with Crippen LogP contribution in [-0.4, -0.2) is 15.9 Å². The molecule has 0 aliphatic carbocycles. The van der Waals surface area contributed by atoms with E-state index in [0.717, 1.165) is 16.7 Å². The molecule has 1 fully saturated rings. The average Bonchev–Trinajstić information content (AvgIpc) is 2.67. The first kappa shape index (κ1) is 11.2. The zero-order valence-electron chi connectivity index (χ0n) is 9.91. The van der Waals surface area contributed by atoms with Gasteiger partial charge in [-0.2, -0.15) is 0 Å². The van der Waals surface area contributed by atoms with Crippen molar-refractivity contribution in [2.75, 3.05) is 6.54 Å². The summed E-state index contributed by atoms with van der Waals surface area (Å²) in [5.41, 5.74) is 3.49. The van der Waals surface area contributed by atoms with Gasteiger partial charge in [-0.15, -0.1) is 0 Å². The SMILES string of the molecule is Cc1c(C2CCCCN2)nc2cc(Br)ccn12. The van der Waals surface area contributed by atoms with Crippen LogP contribution in [0.3, 0.4) is 0 Å². The monoisotopic (exact) mass is 293 g/mol. The molecule has 0 radical (unpaired) electrons. The molecule has 2 aromatic heterocycles. The number of piperidine rings is 1. The highest BCUT2D eigenvalue weighted by atomic mass is 79.9. The minimum absolute atomic E-state index is 0.433. The summed E-state index contributed by atoms with van der Waals surface area (Å²) in [4.78, 5) is 4.77. The number of imidazole rings is 1. The van der Waals surface area contributed by atoms with Crippen LogP contribution in [-0.2, 0) is 0 Å².